The van der Waals surface area contributed by atoms with E-state index in [0.29, 0.717) is 0 Å². The first-order valence-corrected chi connectivity index (χ1v) is 16.1. The standard InChI is InChI=1S/C41H54N2O2/c1-38(2,3)32-22-26(23-33(39(4,5)6)36(32)44-30-17-13-28(42)14-18-30)21-27-24-34(40(7,8)9)37(35(25-27)41(10,11)12)45-31-19-15-29(43)16-20-31/h13-20,22-25H,21,42-43H2,1-12H3. The molecule has 4 aromatic rings. The minimum absolute atomic E-state index is 0.136. The predicted molar refractivity (Wildman–Crippen MR) is 192 cm³/mol. The molecule has 4 nitrogen and oxygen atoms in total. The van der Waals surface area contributed by atoms with Crippen LogP contribution in [0.3, 0.4) is 0 Å². The second-order valence-electron chi connectivity index (χ2n) is 16.6. The molecule has 0 saturated carbocycles. The molecule has 0 fully saturated rings. The quantitative estimate of drug-likeness (QED) is 0.214. The fourth-order valence-corrected chi connectivity index (χ4v) is 5.57. The topological polar surface area (TPSA) is 70.5 Å². The zero-order valence-corrected chi connectivity index (χ0v) is 29.6. The highest BCUT2D eigenvalue weighted by atomic mass is 16.5. The van der Waals surface area contributed by atoms with Crippen molar-refractivity contribution in [1.82, 2.24) is 0 Å². The molecule has 45 heavy (non-hydrogen) atoms. The Kier molecular flexibility index (Phi) is 9.14. The summed E-state index contributed by atoms with van der Waals surface area (Å²) in [5, 5.41) is 0. The van der Waals surface area contributed by atoms with Gasteiger partial charge in [-0.05, 0) is 87.7 Å². The Bertz CT molecular complexity index is 1440. The van der Waals surface area contributed by atoms with Gasteiger partial charge in [0.25, 0.3) is 0 Å². The fourth-order valence-electron chi connectivity index (χ4n) is 5.57. The van der Waals surface area contributed by atoms with E-state index < -0.39 is 0 Å². The molecule has 0 aliphatic heterocycles. The van der Waals surface area contributed by atoms with Crippen LogP contribution in [0.4, 0.5) is 11.4 Å². The lowest BCUT2D eigenvalue weighted by Gasteiger charge is -2.32. The van der Waals surface area contributed by atoms with Crippen molar-refractivity contribution >= 4 is 11.4 Å². The van der Waals surface area contributed by atoms with E-state index in [2.05, 4.69) is 107 Å². The maximum atomic E-state index is 6.68. The van der Waals surface area contributed by atoms with Crippen LogP contribution >= 0.6 is 0 Å². The van der Waals surface area contributed by atoms with Gasteiger partial charge >= 0.3 is 0 Å². The SMILES string of the molecule is CC(C)(C)c1cc(Cc2cc(C(C)(C)C)c(Oc3ccc(N)cc3)c(C(C)(C)C)c2)cc(C(C)(C)C)c1Oc1ccc(N)cc1. The van der Waals surface area contributed by atoms with Gasteiger partial charge in [0.15, 0.2) is 0 Å². The molecule has 0 radical (unpaired) electrons. The first-order valence-electron chi connectivity index (χ1n) is 16.1. The molecule has 0 unspecified atom stereocenters. The third-order valence-corrected chi connectivity index (χ3v) is 8.14. The maximum absolute atomic E-state index is 6.68. The van der Waals surface area contributed by atoms with Crippen LogP contribution in [0, 0.1) is 0 Å². The molecule has 4 rings (SSSR count). The van der Waals surface area contributed by atoms with Crippen LogP contribution in [-0.2, 0) is 28.1 Å². The molecule has 0 atom stereocenters. The summed E-state index contributed by atoms with van der Waals surface area (Å²) < 4.78 is 13.4. The van der Waals surface area contributed by atoms with Crippen molar-refractivity contribution in [1.29, 1.82) is 0 Å². The summed E-state index contributed by atoms with van der Waals surface area (Å²) in [7, 11) is 0. The smallest absolute Gasteiger partial charge is 0.134 e. The summed E-state index contributed by atoms with van der Waals surface area (Å²) in [4.78, 5) is 0. The Morgan fingerprint density at radius 3 is 0.889 bits per heavy atom. The number of ether oxygens (including phenoxy) is 2. The molecular weight excluding hydrogens is 552 g/mol. The Morgan fingerprint density at radius 1 is 0.422 bits per heavy atom. The molecule has 0 aliphatic rings. The number of hydrogen-bond donors (Lipinski definition) is 2. The minimum atomic E-state index is -0.136. The Hall–Kier alpha value is -3.92. The van der Waals surface area contributed by atoms with E-state index in [-0.39, 0.29) is 21.7 Å². The van der Waals surface area contributed by atoms with Gasteiger partial charge in [0.05, 0.1) is 0 Å². The summed E-state index contributed by atoms with van der Waals surface area (Å²) >= 11 is 0. The molecular formula is C41H54N2O2. The average Bonchev–Trinajstić information content (AvgIpc) is 2.90. The lowest BCUT2D eigenvalue weighted by Crippen LogP contribution is -2.20. The number of nitrogen functional groups attached to an aromatic ring is 2. The molecule has 4 N–H and O–H groups in total. The van der Waals surface area contributed by atoms with Gasteiger partial charge in [-0.1, -0.05) is 107 Å². The van der Waals surface area contributed by atoms with E-state index in [1.807, 2.05) is 48.5 Å². The second-order valence-corrected chi connectivity index (χ2v) is 16.6. The van der Waals surface area contributed by atoms with E-state index in [9.17, 15) is 0 Å². The molecule has 0 bridgehead atoms. The van der Waals surface area contributed by atoms with Crippen molar-refractivity contribution in [3.63, 3.8) is 0 Å². The maximum Gasteiger partial charge on any atom is 0.134 e. The molecule has 0 aliphatic carbocycles. The first-order chi connectivity index (χ1) is 20.6. The summed E-state index contributed by atoms with van der Waals surface area (Å²) in [6.45, 7) is 27.1. The monoisotopic (exact) mass is 606 g/mol. The van der Waals surface area contributed by atoms with Gasteiger partial charge < -0.3 is 20.9 Å². The molecule has 0 spiro atoms. The van der Waals surface area contributed by atoms with Gasteiger partial charge in [-0.2, -0.15) is 0 Å². The normalized spacial score (nSPS) is 12.7. The van der Waals surface area contributed by atoms with Crippen molar-refractivity contribution in [2.45, 2.75) is 111 Å². The van der Waals surface area contributed by atoms with Crippen LogP contribution < -0.4 is 20.9 Å². The van der Waals surface area contributed by atoms with Crippen LogP contribution in [-0.4, -0.2) is 0 Å². The molecule has 0 aromatic heterocycles. The number of rotatable bonds is 6. The van der Waals surface area contributed by atoms with Crippen molar-refractivity contribution in [3.05, 3.63) is 106 Å². The van der Waals surface area contributed by atoms with Gasteiger partial charge in [0.1, 0.15) is 23.0 Å². The first kappa shape index (κ1) is 34.0. The van der Waals surface area contributed by atoms with Gasteiger partial charge in [0.2, 0.25) is 0 Å². The number of nitrogens with two attached hydrogens (primary N) is 2. The van der Waals surface area contributed by atoms with Crippen LogP contribution in [0.1, 0.15) is 116 Å². The van der Waals surface area contributed by atoms with E-state index in [4.69, 9.17) is 20.9 Å². The van der Waals surface area contributed by atoms with Crippen LogP contribution in [0.25, 0.3) is 0 Å². The Balaban J connectivity index is 1.89. The summed E-state index contributed by atoms with van der Waals surface area (Å²) in [5.74, 6) is 3.44. The van der Waals surface area contributed by atoms with Crippen LogP contribution in [0.15, 0.2) is 72.8 Å². The summed E-state index contributed by atoms with van der Waals surface area (Å²) in [6, 6.07) is 24.7. The largest absolute Gasteiger partial charge is 0.457 e. The predicted octanol–water partition coefficient (Wildman–Crippen LogP) is 11.2. The third kappa shape index (κ3) is 8.22. The Morgan fingerprint density at radius 2 is 0.667 bits per heavy atom. The lowest BCUT2D eigenvalue weighted by atomic mass is 9.76. The van der Waals surface area contributed by atoms with Crippen molar-refractivity contribution in [2.24, 2.45) is 0 Å². The van der Waals surface area contributed by atoms with Crippen molar-refractivity contribution in [2.75, 3.05) is 11.5 Å². The van der Waals surface area contributed by atoms with Gasteiger partial charge in [-0.25, -0.2) is 0 Å². The Labute approximate surface area is 272 Å². The third-order valence-electron chi connectivity index (χ3n) is 8.14. The fraction of sp³-hybridized carbons (Fsp3) is 0.415. The highest BCUT2D eigenvalue weighted by Crippen LogP contribution is 2.45. The van der Waals surface area contributed by atoms with Crippen molar-refractivity contribution < 1.29 is 9.47 Å². The zero-order chi connectivity index (χ0) is 33.5. The molecule has 0 saturated heterocycles. The van der Waals surface area contributed by atoms with Gasteiger partial charge in [-0.3, -0.25) is 0 Å². The van der Waals surface area contributed by atoms with E-state index >= 15 is 0 Å². The lowest BCUT2D eigenvalue weighted by molar-refractivity contribution is 0.432. The van der Waals surface area contributed by atoms with Gasteiger partial charge in [0, 0.05) is 33.6 Å². The zero-order valence-electron chi connectivity index (χ0n) is 29.6. The summed E-state index contributed by atoms with van der Waals surface area (Å²) in [5.41, 5.74) is 20.1. The van der Waals surface area contributed by atoms with E-state index in [1.165, 1.54) is 33.4 Å². The molecule has 4 aromatic carbocycles. The highest BCUT2D eigenvalue weighted by molar-refractivity contribution is 5.57. The number of anilines is 2. The molecule has 0 amide bonds. The average molecular weight is 607 g/mol. The minimum Gasteiger partial charge on any atom is -0.457 e. The summed E-state index contributed by atoms with van der Waals surface area (Å²) in [6.07, 6.45) is 0.794. The number of benzene rings is 4. The molecule has 4 heteroatoms. The van der Waals surface area contributed by atoms with Crippen LogP contribution in [0.2, 0.25) is 0 Å². The second kappa shape index (κ2) is 12.1. The van der Waals surface area contributed by atoms with E-state index in [0.717, 1.165) is 40.8 Å². The van der Waals surface area contributed by atoms with Gasteiger partial charge in [-0.15, -0.1) is 0 Å². The van der Waals surface area contributed by atoms with Crippen LogP contribution in [0.5, 0.6) is 23.0 Å². The molecule has 0 heterocycles. The van der Waals surface area contributed by atoms with Crippen molar-refractivity contribution in [3.8, 4) is 23.0 Å². The molecule has 240 valence electrons. The van der Waals surface area contributed by atoms with E-state index in [1.54, 1.807) is 0 Å². The number of hydrogen-bond acceptors (Lipinski definition) is 4. The highest BCUT2D eigenvalue weighted by Gasteiger charge is 2.31.